The number of amides is 1. The average Bonchev–Trinajstić information content (AvgIpc) is 2.69. The standard InChI is InChI=1S/C21H19ClN2O2/c1-26-19-12-11-14(13-18(19)22)20-16-9-5-6-10-17(16)21(25)24(23-20)15-7-3-2-4-8-15/h2-8,11-13,16-17H,9-10H2,1H3/t16-,17+/m1/s1. The second-order valence-electron chi connectivity index (χ2n) is 6.48. The van der Waals surface area contributed by atoms with Gasteiger partial charge in [-0.1, -0.05) is 42.0 Å². The molecule has 5 heteroatoms. The van der Waals surface area contributed by atoms with Gasteiger partial charge in [0.1, 0.15) is 5.75 Å². The summed E-state index contributed by atoms with van der Waals surface area (Å²) in [6.45, 7) is 0. The highest BCUT2D eigenvalue weighted by Crippen LogP contribution is 2.37. The summed E-state index contributed by atoms with van der Waals surface area (Å²) in [4.78, 5) is 13.0. The number of carbonyl (C=O) groups excluding carboxylic acids is 1. The number of nitrogens with zero attached hydrogens (tertiary/aromatic N) is 2. The van der Waals surface area contributed by atoms with E-state index < -0.39 is 0 Å². The van der Waals surface area contributed by atoms with Gasteiger partial charge in [0.2, 0.25) is 0 Å². The zero-order chi connectivity index (χ0) is 18.1. The Balaban J connectivity index is 1.82. The van der Waals surface area contributed by atoms with Crippen LogP contribution in [-0.2, 0) is 4.79 Å². The molecule has 2 atom stereocenters. The molecule has 1 amide bonds. The molecule has 1 aliphatic heterocycles. The van der Waals surface area contributed by atoms with Crippen molar-refractivity contribution in [3.05, 3.63) is 71.3 Å². The molecule has 4 nitrogen and oxygen atoms in total. The Bertz CT molecular complexity index is 892. The number of rotatable bonds is 3. The van der Waals surface area contributed by atoms with E-state index >= 15 is 0 Å². The van der Waals surface area contributed by atoms with Crippen LogP contribution in [0.1, 0.15) is 18.4 Å². The number of benzene rings is 2. The van der Waals surface area contributed by atoms with Gasteiger partial charge in [-0.3, -0.25) is 4.79 Å². The molecule has 1 heterocycles. The largest absolute Gasteiger partial charge is 0.495 e. The first kappa shape index (κ1) is 16.9. The quantitative estimate of drug-likeness (QED) is 0.740. The molecule has 0 saturated carbocycles. The Morgan fingerprint density at radius 1 is 1.08 bits per heavy atom. The summed E-state index contributed by atoms with van der Waals surface area (Å²) in [5.74, 6) is 0.641. The van der Waals surface area contributed by atoms with Gasteiger partial charge in [0.25, 0.3) is 5.91 Å². The first-order valence-corrected chi connectivity index (χ1v) is 9.03. The maximum absolute atomic E-state index is 13.0. The highest BCUT2D eigenvalue weighted by molar-refractivity contribution is 6.32. The molecule has 2 aromatic carbocycles. The van der Waals surface area contributed by atoms with E-state index in [1.165, 1.54) is 5.01 Å². The third-order valence-corrected chi connectivity index (χ3v) is 5.26. The van der Waals surface area contributed by atoms with Crippen molar-refractivity contribution >= 4 is 28.9 Å². The van der Waals surface area contributed by atoms with Crippen LogP contribution in [0.5, 0.6) is 5.75 Å². The molecule has 0 radical (unpaired) electrons. The van der Waals surface area contributed by atoms with E-state index in [9.17, 15) is 4.79 Å². The molecule has 2 aliphatic rings. The fraction of sp³-hybridized carbons (Fsp3) is 0.238. The molecular formula is C21H19ClN2O2. The molecule has 4 rings (SSSR count). The van der Waals surface area contributed by atoms with E-state index in [4.69, 9.17) is 21.4 Å². The summed E-state index contributed by atoms with van der Waals surface area (Å²) in [6.07, 6.45) is 5.76. The first-order valence-electron chi connectivity index (χ1n) is 8.65. The number of methoxy groups -OCH3 is 1. The topological polar surface area (TPSA) is 41.9 Å². The van der Waals surface area contributed by atoms with Gasteiger partial charge in [-0.2, -0.15) is 5.10 Å². The number of allylic oxidation sites excluding steroid dienone is 2. The SMILES string of the molecule is COc1ccc(C2=NN(c3ccccc3)C(=O)[C@H]3CC=CC[C@@H]23)cc1Cl. The van der Waals surface area contributed by atoms with Crippen molar-refractivity contribution in [2.24, 2.45) is 16.9 Å². The van der Waals surface area contributed by atoms with Gasteiger partial charge in [-0.15, -0.1) is 0 Å². The summed E-state index contributed by atoms with van der Waals surface area (Å²) < 4.78 is 5.25. The smallest absolute Gasteiger partial charge is 0.251 e. The lowest BCUT2D eigenvalue weighted by Crippen LogP contribution is -2.45. The first-order chi connectivity index (χ1) is 12.7. The van der Waals surface area contributed by atoms with Crippen molar-refractivity contribution in [3.8, 4) is 5.75 Å². The molecule has 0 fully saturated rings. The number of anilines is 1. The van der Waals surface area contributed by atoms with Crippen molar-refractivity contribution < 1.29 is 9.53 Å². The second-order valence-corrected chi connectivity index (χ2v) is 6.88. The maximum Gasteiger partial charge on any atom is 0.251 e. The molecule has 0 saturated heterocycles. The number of fused-ring (bicyclic) bond motifs is 1. The minimum absolute atomic E-state index is 0.0499. The molecule has 0 bridgehead atoms. The van der Waals surface area contributed by atoms with E-state index in [0.29, 0.717) is 10.8 Å². The number of para-hydroxylation sites is 1. The molecule has 26 heavy (non-hydrogen) atoms. The van der Waals surface area contributed by atoms with Gasteiger partial charge in [0.05, 0.1) is 29.4 Å². The van der Waals surface area contributed by atoms with Gasteiger partial charge in [-0.05, 0) is 48.7 Å². The lowest BCUT2D eigenvalue weighted by molar-refractivity contribution is -0.123. The molecule has 2 aromatic rings. The van der Waals surface area contributed by atoms with Crippen molar-refractivity contribution in [2.45, 2.75) is 12.8 Å². The second kappa shape index (κ2) is 6.96. The molecule has 132 valence electrons. The fourth-order valence-corrected chi connectivity index (χ4v) is 3.89. The minimum atomic E-state index is -0.103. The van der Waals surface area contributed by atoms with Crippen molar-refractivity contribution in [3.63, 3.8) is 0 Å². The highest BCUT2D eigenvalue weighted by Gasteiger charge is 2.40. The zero-order valence-electron chi connectivity index (χ0n) is 14.4. The number of carbonyl (C=O) groups is 1. The summed E-state index contributed by atoms with van der Waals surface area (Å²) in [5, 5.41) is 6.83. The van der Waals surface area contributed by atoms with Crippen LogP contribution in [0.4, 0.5) is 5.69 Å². The van der Waals surface area contributed by atoms with Gasteiger partial charge >= 0.3 is 0 Å². The third kappa shape index (κ3) is 2.90. The number of halogens is 1. The van der Waals surface area contributed by atoms with Gasteiger partial charge < -0.3 is 4.74 Å². The lowest BCUT2D eigenvalue weighted by atomic mass is 9.76. The van der Waals surface area contributed by atoms with Crippen LogP contribution >= 0.6 is 11.6 Å². The molecule has 0 spiro atoms. The average molecular weight is 367 g/mol. The Morgan fingerprint density at radius 2 is 1.81 bits per heavy atom. The number of hydrogen-bond acceptors (Lipinski definition) is 3. The van der Waals surface area contributed by atoms with E-state index in [2.05, 4.69) is 12.2 Å². The Kier molecular flexibility index (Phi) is 4.51. The molecule has 0 aromatic heterocycles. The summed E-state index contributed by atoms with van der Waals surface area (Å²) in [5.41, 5.74) is 2.60. The van der Waals surface area contributed by atoms with Crippen LogP contribution < -0.4 is 9.75 Å². The van der Waals surface area contributed by atoms with Crippen molar-refractivity contribution in [2.75, 3.05) is 12.1 Å². The zero-order valence-corrected chi connectivity index (χ0v) is 15.2. The van der Waals surface area contributed by atoms with Gasteiger partial charge in [0.15, 0.2) is 0 Å². The number of hydrazone groups is 1. The van der Waals surface area contributed by atoms with Crippen LogP contribution in [0.15, 0.2) is 65.8 Å². The van der Waals surface area contributed by atoms with Crippen molar-refractivity contribution in [1.29, 1.82) is 0 Å². The fourth-order valence-electron chi connectivity index (χ4n) is 3.63. The van der Waals surface area contributed by atoms with Crippen LogP contribution in [0.3, 0.4) is 0 Å². The molecule has 1 aliphatic carbocycles. The lowest BCUT2D eigenvalue weighted by Gasteiger charge is -2.36. The van der Waals surface area contributed by atoms with Crippen LogP contribution in [-0.4, -0.2) is 18.7 Å². The molecule has 0 N–H and O–H groups in total. The summed E-state index contributed by atoms with van der Waals surface area (Å²) in [7, 11) is 1.59. The Hall–Kier alpha value is -2.59. The van der Waals surface area contributed by atoms with Gasteiger partial charge in [0, 0.05) is 5.92 Å². The third-order valence-electron chi connectivity index (χ3n) is 4.97. The van der Waals surface area contributed by atoms with Crippen LogP contribution in [0.2, 0.25) is 5.02 Å². The van der Waals surface area contributed by atoms with E-state index in [0.717, 1.165) is 29.8 Å². The number of hydrogen-bond donors (Lipinski definition) is 0. The predicted octanol–water partition coefficient (Wildman–Crippen LogP) is 4.68. The highest BCUT2D eigenvalue weighted by atomic mass is 35.5. The van der Waals surface area contributed by atoms with Crippen LogP contribution in [0, 0.1) is 11.8 Å². The summed E-state index contributed by atoms with van der Waals surface area (Å²) in [6, 6.07) is 15.2. The van der Waals surface area contributed by atoms with Crippen molar-refractivity contribution in [1.82, 2.24) is 0 Å². The van der Waals surface area contributed by atoms with Gasteiger partial charge in [-0.25, -0.2) is 5.01 Å². The number of ether oxygens (including phenoxy) is 1. The monoisotopic (exact) mass is 366 g/mol. The van der Waals surface area contributed by atoms with E-state index in [1.54, 1.807) is 7.11 Å². The minimum Gasteiger partial charge on any atom is -0.495 e. The molecular weight excluding hydrogens is 348 g/mol. The Morgan fingerprint density at radius 3 is 2.50 bits per heavy atom. The normalized spacial score (nSPS) is 22.0. The van der Waals surface area contributed by atoms with Crippen LogP contribution in [0.25, 0.3) is 0 Å². The van der Waals surface area contributed by atoms with E-state index in [1.807, 2.05) is 48.5 Å². The Labute approximate surface area is 157 Å². The van der Waals surface area contributed by atoms with E-state index in [-0.39, 0.29) is 17.7 Å². The predicted molar refractivity (Wildman–Crippen MR) is 104 cm³/mol. The summed E-state index contributed by atoms with van der Waals surface area (Å²) >= 11 is 6.33. The molecule has 0 unspecified atom stereocenters. The maximum atomic E-state index is 13.0.